The molecule has 1 fully saturated rings. The van der Waals surface area contributed by atoms with E-state index in [1.54, 1.807) is 17.3 Å². The van der Waals surface area contributed by atoms with Crippen molar-refractivity contribution in [2.45, 2.75) is 31.0 Å². The highest BCUT2D eigenvalue weighted by Gasteiger charge is 2.53. The van der Waals surface area contributed by atoms with Crippen molar-refractivity contribution >= 4 is 21.9 Å². The van der Waals surface area contributed by atoms with Crippen LogP contribution in [0.25, 0.3) is 0 Å². The standard InChI is InChI=1S/C11H13BrF3N3O/c12-8-6-16-9(17-7-8)18-4-1-2-10(19,3-5-18)11(13,14)15/h6-7,19H,1-5H2. The second-order valence-electron chi connectivity index (χ2n) is 4.57. The van der Waals surface area contributed by atoms with Gasteiger partial charge in [0.1, 0.15) is 0 Å². The van der Waals surface area contributed by atoms with Crippen molar-refractivity contribution in [2.24, 2.45) is 0 Å². The van der Waals surface area contributed by atoms with Crippen molar-refractivity contribution in [3.63, 3.8) is 0 Å². The molecule has 1 unspecified atom stereocenters. The lowest BCUT2D eigenvalue weighted by molar-refractivity contribution is -0.263. The highest BCUT2D eigenvalue weighted by atomic mass is 79.9. The lowest BCUT2D eigenvalue weighted by atomic mass is 9.94. The van der Waals surface area contributed by atoms with Gasteiger partial charge in [0.2, 0.25) is 5.95 Å². The predicted octanol–water partition coefficient (Wildman–Crippen LogP) is 2.52. The fourth-order valence-electron chi connectivity index (χ4n) is 2.07. The van der Waals surface area contributed by atoms with Crippen molar-refractivity contribution in [3.05, 3.63) is 16.9 Å². The van der Waals surface area contributed by atoms with Crippen LogP contribution in [0, 0.1) is 0 Å². The zero-order valence-corrected chi connectivity index (χ0v) is 11.6. The maximum absolute atomic E-state index is 12.8. The molecule has 0 saturated carbocycles. The van der Waals surface area contributed by atoms with E-state index in [4.69, 9.17) is 0 Å². The Kier molecular flexibility index (Phi) is 4.00. The summed E-state index contributed by atoms with van der Waals surface area (Å²) in [7, 11) is 0. The molecule has 2 rings (SSSR count). The predicted molar refractivity (Wildman–Crippen MR) is 66.8 cm³/mol. The molecular weight excluding hydrogens is 327 g/mol. The lowest BCUT2D eigenvalue weighted by Gasteiger charge is -2.29. The van der Waals surface area contributed by atoms with Gasteiger partial charge in [0.05, 0.1) is 4.47 Å². The number of nitrogens with zero attached hydrogens (tertiary/aromatic N) is 3. The van der Waals surface area contributed by atoms with Crippen LogP contribution in [0.2, 0.25) is 0 Å². The number of rotatable bonds is 1. The van der Waals surface area contributed by atoms with Crippen LogP contribution >= 0.6 is 15.9 Å². The van der Waals surface area contributed by atoms with Gasteiger partial charge in [-0.15, -0.1) is 0 Å². The summed E-state index contributed by atoms with van der Waals surface area (Å²) in [5, 5.41) is 9.70. The van der Waals surface area contributed by atoms with Crippen LogP contribution in [0.15, 0.2) is 16.9 Å². The minimum absolute atomic E-state index is 0.0810. The Balaban J connectivity index is 2.11. The van der Waals surface area contributed by atoms with Crippen LogP contribution in [-0.2, 0) is 0 Å². The van der Waals surface area contributed by atoms with Crippen LogP contribution in [0.1, 0.15) is 19.3 Å². The summed E-state index contributed by atoms with van der Waals surface area (Å²) in [6.07, 6.45) is -1.91. The SMILES string of the molecule is OC1(C(F)(F)F)CCCN(c2ncc(Br)cn2)CC1. The molecule has 0 aliphatic carbocycles. The fourth-order valence-corrected chi connectivity index (χ4v) is 2.28. The molecule has 2 heterocycles. The first-order chi connectivity index (χ1) is 8.82. The average molecular weight is 340 g/mol. The first kappa shape index (κ1) is 14.5. The molecule has 1 saturated heterocycles. The van der Waals surface area contributed by atoms with E-state index in [-0.39, 0.29) is 25.8 Å². The Hall–Kier alpha value is -0.890. The van der Waals surface area contributed by atoms with E-state index in [2.05, 4.69) is 25.9 Å². The summed E-state index contributed by atoms with van der Waals surface area (Å²) >= 11 is 3.20. The zero-order valence-electron chi connectivity index (χ0n) is 9.99. The quantitative estimate of drug-likeness (QED) is 0.854. The zero-order chi connectivity index (χ0) is 14.1. The largest absolute Gasteiger partial charge is 0.417 e. The van der Waals surface area contributed by atoms with Crippen molar-refractivity contribution in [3.8, 4) is 0 Å². The first-order valence-electron chi connectivity index (χ1n) is 5.83. The molecule has 0 bridgehead atoms. The second kappa shape index (κ2) is 5.24. The highest BCUT2D eigenvalue weighted by molar-refractivity contribution is 9.10. The normalized spacial score (nSPS) is 25.2. The smallest absolute Gasteiger partial charge is 0.380 e. The number of anilines is 1. The third-order valence-corrected chi connectivity index (χ3v) is 3.64. The Bertz CT molecular complexity index is 440. The van der Waals surface area contributed by atoms with Crippen LogP contribution in [0.5, 0.6) is 0 Å². The van der Waals surface area contributed by atoms with Gasteiger partial charge in [0.25, 0.3) is 0 Å². The maximum Gasteiger partial charge on any atom is 0.417 e. The van der Waals surface area contributed by atoms with Gasteiger partial charge >= 0.3 is 6.18 Å². The van der Waals surface area contributed by atoms with Crippen LogP contribution in [-0.4, -0.2) is 39.9 Å². The monoisotopic (exact) mass is 339 g/mol. The van der Waals surface area contributed by atoms with E-state index in [0.29, 0.717) is 17.0 Å². The van der Waals surface area contributed by atoms with Gasteiger partial charge in [-0.25, -0.2) is 9.97 Å². The van der Waals surface area contributed by atoms with Gasteiger partial charge in [0.15, 0.2) is 5.60 Å². The Labute approximate surface area is 116 Å². The van der Waals surface area contributed by atoms with E-state index in [1.165, 1.54) is 0 Å². The number of hydrogen-bond donors (Lipinski definition) is 1. The maximum atomic E-state index is 12.8. The summed E-state index contributed by atoms with van der Waals surface area (Å²) < 4.78 is 39.1. The van der Waals surface area contributed by atoms with Crippen molar-refractivity contribution in [1.29, 1.82) is 0 Å². The third kappa shape index (κ3) is 3.17. The number of alkyl halides is 3. The van der Waals surface area contributed by atoms with Crippen molar-refractivity contribution in [2.75, 3.05) is 18.0 Å². The summed E-state index contributed by atoms with van der Waals surface area (Å²) in [5.41, 5.74) is -2.60. The summed E-state index contributed by atoms with van der Waals surface area (Å²) in [5.74, 6) is 0.384. The molecule has 0 spiro atoms. The molecule has 0 aromatic carbocycles. The molecule has 1 N–H and O–H groups in total. The van der Waals surface area contributed by atoms with E-state index >= 15 is 0 Å². The van der Waals surface area contributed by atoms with Crippen molar-refractivity contribution in [1.82, 2.24) is 9.97 Å². The summed E-state index contributed by atoms with van der Waals surface area (Å²) in [6.45, 7) is 0.484. The van der Waals surface area contributed by atoms with Gasteiger partial charge in [0, 0.05) is 31.9 Å². The van der Waals surface area contributed by atoms with Crippen molar-refractivity contribution < 1.29 is 18.3 Å². The van der Waals surface area contributed by atoms with Gasteiger partial charge in [-0.05, 0) is 28.8 Å². The number of aliphatic hydroxyl groups is 1. The molecule has 1 aliphatic rings. The Morgan fingerprint density at radius 1 is 1.21 bits per heavy atom. The minimum Gasteiger partial charge on any atom is -0.380 e. The fraction of sp³-hybridized carbons (Fsp3) is 0.636. The van der Waals surface area contributed by atoms with Gasteiger partial charge < -0.3 is 10.0 Å². The molecule has 0 amide bonds. The molecule has 0 radical (unpaired) electrons. The summed E-state index contributed by atoms with van der Waals surface area (Å²) in [4.78, 5) is 9.78. The van der Waals surface area contributed by atoms with Gasteiger partial charge in [-0.2, -0.15) is 13.2 Å². The molecule has 19 heavy (non-hydrogen) atoms. The first-order valence-corrected chi connectivity index (χ1v) is 6.63. The van der Waals surface area contributed by atoms with Crippen LogP contribution < -0.4 is 4.90 Å². The molecular formula is C11H13BrF3N3O. The van der Waals surface area contributed by atoms with E-state index in [0.717, 1.165) is 0 Å². The van der Waals surface area contributed by atoms with E-state index in [9.17, 15) is 18.3 Å². The van der Waals surface area contributed by atoms with E-state index < -0.39 is 11.8 Å². The summed E-state index contributed by atoms with van der Waals surface area (Å²) in [6, 6.07) is 0. The molecule has 1 aromatic rings. The molecule has 8 heteroatoms. The minimum atomic E-state index is -4.59. The second-order valence-corrected chi connectivity index (χ2v) is 5.49. The Morgan fingerprint density at radius 3 is 2.42 bits per heavy atom. The van der Waals surface area contributed by atoms with Gasteiger partial charge in [-0.1, -0.05) is 0 Å². The molecule has 1 aliphatic heterocycles. The van der Waals surface area contributed by atoms with Crippen LogP contribution in [0.3, 0.4) is 0 Å². The number of aromatic nitrogens is 2. The topological polar surface area (TPSA) is 49.2 Å². The molecule has 4 nitrogen and oxygen atoms in total. The lowest BCUT2D eigenvalue weighted by Crippen LogP contribution is -2.45. The highest BCUT2D eigenvalue weighted by Crippen LogP contribution is 2.38. The van der Waals surface area contributed by atoms with Gasteiger partial charge in [-0.3, -0.25) is 0 Å². The third-order valence-electron chi connectivity index (χ3n) is 3.23. The van der Waals surface area contributed by atoms with Crippen LogP contribution in [0.4, 0.5) is 19.1 Å². The number of halogens is 4. The molecule has 1 aromatic heterocycles. The average Bonchev–Trinajstić information content (AvgIpc) is 2.53. The Morgan fingerprint density at radius 2 is 1.84 bits per heavy atom. The van der Waals surface area contributed by atoms with E-state index in [1.807, 2.05) is 0 Å². The molecule has 106 valence electrons. The molecule has 1 atom stereocenters. The number of hydrogen-bond acceptors (Lipinski definition) is 4.